The first-order valence-corrected chi connectivity index (χ1v) is 14.0. The van der Waals surface area contributed by atoms with Gasteiger partial charge in [0.2, 0.25) is 11.8 Å². The van der Waals surface area contributed by atoms with Crippen LogP contribution < -0.4 is 9.47 Å². The van der Waals surface area contributed by atoms with Crippen molar-refractivity contribution in [3.63, 3.8) is 0 Å². The van der Waals surface area contributed by atoms with Crippen molar-refractivity contribution in [2.24, 2.45) is 17.8 Å². The third kappa shape index (κ3) is 6.15. The van der Waals surface area contributed by atoms with E-state index in [-0.39, 0.29) is 30.8 Å². The number of phenols is 1. The quantitative estimate of drug-likeness (QED) is 0.202. The monoisotopic (exact) mass is 647 g/mol. The van der Waals surface area contributed by atoms with Crippen LogP contribution in [0.15, 0.2) is 59.2 Å². The molecule has 2 aliphatic rings. The van der Waals surface area contributed by atoms with Crippen molar-refractivity contribution in [2.45, 2.75) is 32.3 Å². The smallest absolute Gasteiger partial charge is 0.233 e. The van der Waals surface area contributed by atoms with Crippen LogP contribution >= 0.6 is 22.6 Å². The summed E-state index contributed by atoms with van der Waals surface area (Å²) in [6.07, 6.45) is 2.26. The molecule has 208 valence electrons. The van der Waals surface area contributed by atoms with E-state index in [2.05, 4.69) is 0 Å². The first kappa shape index (κ1) is 29.1. The lowest BCUT2D eigenvalue weighted by atomic mass is 9.68. The summed E-state index contributed by atoms with van der Waals surface area (Å²) in [5.41, 5.74) is 3.22. The Bertz CT molecular complexity index is 1290. The van der Waals surface area contributed by atoms with Crippen molar-refractivity contribution in [3.05, 3.63) is 68.3 Å². The topological polar surface area (TPSA) is 117 Å². The predicted molar refractivity (Wildman–Crippen MR) is 155 cm³/mol. The Morgan fingerprint density at radius 1 is 1.21 bits per heavy atom. The zero-order valence-corrected chi connectivity index (χ0v) is 24.4. The van der Waals surface area contributed by atoms with Crippen molar-refractivity contribution in [2.75, 3.05) is 27.4 Å². The van der Waals surface area contributed by atoms with Crippen LogP contribution in [0, 0.1) is 21.3 Å². The molecule has 2 aromatic rings. The number of para-hydroxylation sites is 1. The Balaban J connectivity index is 1.59. The molecule has 0 aromatic heterocycles. The molecular formula is C30H34INO7. The number of nitrogens with zero attached hydrogens (tertiary/aromatic N) is 1. The molecule has 1 fully saturated rings. The molecule has 2 amide bonds. The lowest BCUT2D eigenvalue weighted by molar-refractivity contribution is -0.138. The van der Waals surface area contributed by atoms with Crippen molar-refractivity contribution in [1.82, 2.24) is 4.90 Å². The minimum atomic E-state index is -0.927. The average molecular weight is 648 g/mol. The van der Waals surface area contributed by atoms with Gasteiger partial charge in [0.25, 0.3) is 0 Å². The molecule has 0 unspecified atom stereocenters. The van der Waals surface area contributed by atoms with Crippen molar-refractivity contribution >= 4 is 40.5 Å². The highest BCUT2D eigenvalue weighted by Gasteiger charge is 2.53. The van der Waals surface area contributed by atoms with Crippen LogP contribution in [-0.4, -0.2) is 65.5 Å². The maximum Gasteiger partial charge on any atom is 0.233 e. The molecule has 4 atom stereocenters. The molecule has 0 spiro atoms. The second-order valence-electron chi connectivity index (χ2n) is 10.1. The number of fused-ring (bicyclic) bond motifs is 1. The number of halogens is 1. The maximum atomic E-state index is 13.0. The summed E-state index contributed by atoms with van der Waals surface area (Å²) < 4.78 is 11.9. The van der Waals surface area contributed by atoms with Gasteiger partial charge in [-0.3, -0.25) is 14.5 Å². The number of imide groups is 1. The number of hydrogen-bond donors (Lipinski definition) is 3. The summed E-state index contributed by atoms with van der Waals surface area (Å²) in [6, 6.07) is 12.9. The fraction of sp³-hybridized carbons (Fsp3) is 0.400. The number of aromatic hydroxyl groups is 1. The van der Waals surface area contributed by atoms with Gasteiger partial charge in [-0.25, -0.2) is 0 Å². The number of carbonyl (C=O) groups excluding carboxylic acids is 2. The summed E-state index contributed by atoms with van der Waals surface area (Å²) in [5.74, 6) is -1.36. The normalized spacial score (nSPS) is 22.3. The van der Waals surface area contributed by atoms with E-state index in [1.165, 1.54) is 14.2 Å². The predicted octanol–water partition coefficient (Wildman–Crippen LogP) is 4.17. The number of rotatable bonds is 10. The lowest BCUT2D eigenvalue weighted by Crippen LogP contribution is -2.39. The van der Waals surface area contributed by atoms with Crippen molar-refractivity contribution in [3.8, 4) is 17.2 Å². The number of carbonyl (C=O) groups is 2. The third-order valence-electron chi connectivity index (χ3n) is 7.61. The summed E-state index contributed by atoms with van der Waals surface area (Å²) in [4.78, 5) is 27.0. The van der Waals surface area contributed by atoms with E-state index in [1.54, 1.807) is 6.07 Å². The molecule has 2 aromatic carbocycles. The number of phenolic OH excluding ortho intramolecular Hbond substituents is 1. The Hall–Kier alpha value is -2.89. The molecule has 1 heterocycles. The summed E-state index contributed by atoms with van der Waals surface area (Å²) in [6.45, 7) is 1.76. The fourth-order valence-corrected chi connectivity index (χ4v) is 6.27. The van der Waals surface area contributed by atoms with E-state index in [0.29, 0.717) is 39.9 Å². The molecule has 8 nitrogen and oxygen atoms in total. The minimum Gasteiger partial charge on any atom is -0.504 e. The van der Waals surface area contributed by atoms with Gasteiger partial charge in [-0.1, -0.05) is 29.8 Å². The van der Waals surface area contributed by atoms with Gasteiger partial charge in [0.1, 0.15) is 12.4 Å². The number of aliphatic hydroxyl groups excluding tert-OH is 2. The minimum absolute atomic E-state index is 0.0942. The summed E-state index contributed by atoms with van der Waals surface area (Å²) in [5, 5.41) is 32.0. The van der Waals surface area contributed by atoms with Gasteiger partial charge < -0.3 is 24.8 Å². The Labute approximate surface area is 242 Å². The Morgan fingerprint density at radius 2 is 1.92 bits per heavy atom. The summed E-state index contributed by atoms with van der Waals surface area (Å²) in [7, 11) is 2.97. The van der Waals surface area contributed by atoms with Crippen LogP contribution in [0.2, 0.25) is 0 Å². The second kappa shape index (κ2) is 12.5. The molecule has 1 aliphatic carbocycles. The fourth-order valence-electron chi connectivity index (χ4n) is 5.65. The van der Waals surface area contributed by atoms with Crippen LogP contribution in [0.3, 0.4) is 0 Å². The highest BCUT2D eigenvalue weighted by molar-refractivity contribution is 14.1. The van der Waals surface area contributed by atoms with Crippen LogP contribution in [0.1, 0.15) is 31.7 Å². The number of aliphatic hydroxyl groups is 2. The molecule has 39 heavy (non-hydrogen) atoms. The van der Waals surface area contributed by atoms with Crippen molar-refractivity contribution < 1.29 is 34.4 Å². The number of allylic oxidation sites excluding steroid dienone is 1. The number of methoxy groups -OCH3 is 1. The van der Waals surface area contributed by atoms with Crippen LogP contribution in [0.25, 0.3) is 6.08 Å². The highest BCUT2D eigenvalue weighted by atomic mass is 127. The van der Waals surface area contributed by atoms with Gasteiger partial charge >= 0.3 is 0 Å². The third-order valence-corrected chi connectivity index (χ3v) is 8.43. The number of amides is 2. The molecule has 0 saturated carbocycles. The van der Waals surface area contributed by atoms with Crippen molar-refractivity contribution in [1.29, 1.82) is 0 Å². The molecule has 3 N–H and O–H groups in total. The Morgan fingerprint density at radius 3 is 2.59 bits per heavy atom. The molecule has 9 heteroatoms. The number of likely N-dealkylation sites (tertiary alicyclic amines) is 1. The zero-order valence-electron chi connectivity index (χ0n) is 22.3. The van der Waals surface area contributed by atoms with E-state index in [0.717, 1.165) is 21.6 Å². The van der Waals surface area contributed by atoms with Gasteiger partial charge in [-0.05, 0) is 89.8 Å². The van der Waals surface area contributed by atoms with E-state index in [4.69, 9.17) is 9.47 Å². The summed E-state index contributed by atoms with van der Waals surface area (Å²) >= 11 is 2.05. The maximum absolute atomic E-state index is 13.0. The van der Waals surface area contributed by atoms with Crippen LogP contribution in [-0.2, 0) is 9.59 Å². The standard InChI is InChI=1S/C30H34INO7/c1-17(11-18-12-23(31)28(35)25(13-18)38-3)9-10-24(34)26-19(16-39-20-7-5-4-6-8-20)14-21-27(22(26)15-33)30(37)32(2)29(21)36/h4-8,11-13,21-22,24,27,33-35H,9-10,14-16H2,1-3H3/b17-11+/t21-,22+,24-,27-/m1/s1. The van der Waals surface area contributed by atoms with Gasteiger partial charge in [-0.15, -0.1) is 0 Å². The molecule has 0 radical (unpaired) electrons. The average Bonchev–Trinajstić information content (AvgIpc) is 3.15. The lowest BCUT2D eigenvalue weighted by Gasteiger charge is -2.36. The van der Waals surface area contributed by atoms with Gasteiger partial charge in [0.15, 0.2) is 11.5 Å². The number of benzene rings is 2. The SMILES string of the molecule is COc1cc(/C=C(\C)CC[C@@H](O)C2=C(COc3ccccc3)C[C@H]3C(=O)N(C)C(=O)[C@H]3[C@H]2CO)cc(I)c1O. The van der Waals surface area contributed by atoms with E-state index in [9.17, 15) is 24.9 Å². The van der Waals surface area contributed by atoms with E-state index < -0.39 is 23.9 Å². The van der Waals surface area contributed by atoms with Crippen LogP contribution in [0.4, 0.5) is 0 Å². The second-order valence-corrected chi connectivity index (χ2v) is 11.3. The van der Waals surface area contributed by atoms with Gasteiger partial charge in [-0.2, -0.15) is 0 Å². The largest absolute Gasteiger partial charge is 0.504 e. The number of hydrogen-bond acceptors (Lipinski definition) is 7. The van der Waals surface area contributed by atoms with Gasteiger partial charge in [0, 0.05) is 13.0 Å². The molecule has 1 aliphatic heterocycles. The molecule has 0 bridgehead atoms. The number of ether oxygens (including phenoxy) is 2. The first-order chi connectivity index (χ1) is 18.7. The van der Waals surface area contributed by atoms with Gasteiger partial charge in [0.05, 0.1) is 35.2 Å². The molecule has 1 saturated heterocycles. The molecular weight excluding hydrogens is 613 g/mol. The first-order valence-electron chi connectivity index (χ1n) is 12.9. The Kier molecular flexibility index (Phi) is 9.35. The van der Waals surface area contributed by atoms with E-state index in [1.807, 2.05) is 72.0 Å². The molecule has 4 rings (SSSR count). The zero-order chi connectivity index (χ0) is 28.3. The highest BCUT2D eigenvalue weighted by Crippen LogP contribution is 2.46. The van der Waals surface area contributed by atoms with Crippen LogP contribution in [0.5, 0.6) is 17.2 Å². The van der Waals surface area contributed by atoms with E-state index >= 15 is 0 Å².